The molecule has 0 spiro atoms. The van der Waals surface area contributed by atoms with Crippen LogP contribution in [-0.4, -0.2) is 25.5 Å². The second-order valence-electron chi connectivity index (χ2n) is 4.65. The second kappa shape index (κ2) is 6.25. The number of hydrogen-bond donors (Lipinski definition) is 5. The van der Waals surface area contributed by atoms with E-state index >= 15 is 0 Å². The predicted octanol–water partition coefficient (Wildman–Crippen LogP) is 1.99. The van der Waals surface area contributed by atoms with Crippen LogP contribution in [0.2, 0.25) is 0 Å². The van der Waals surface area contributed by atoms with E-state index in [0.717, 1.165) is 24.3 Å². The summed E-state index contributed by atoms with van der Waals surface area (Å²) in [6.45, 7) is 0. The van der Waals surface area contributed by atoms with Crippen molar-refractivity contribution in [1.29, 1.82) is 0 Å². The fraction of sp³-hybridized carbons (Fsp3) is 0. The van der Waals surface area contributed by atoms with Crippen molar-refractivity contribution < 1.29 is 70.8 Å². The molecule has 1 aromatic heterocycles. The van der Waals surface area contributed by atoms with Crippen LogP contribution in [0.25, 0.3) is 22.3 Å². The van der Waals surface area contributed by atoms with Gasteiger partial charge in [0.25, 0.3) is 0 Å². The zero-order chi connectivity index (χ0) is 16.0. The molecule has 8 heteroatoms. The molecule has 5 N–H and O–H groups in total. The van der Waals surface area contributed by atoms with E-state index in [4.69, 9.17) is 4.42 Å². The summed E-state index contributed by atoms with van der Waals surface area (Å²) in [5.74, 6) is -2.71. The first-order valence-electron chi connectivity index (χ1n) is 6.12. The summed E-state index contributed by atoms with van der Waals surface area (Å²) in [5.41, 5.74) is -0.890. The number of phenols is 4. The summed E-state index contributed by atoms with van der Waals surface area (Å²) in [5, 5.41) is 47.6. The maximum atomic E-state index is 12.1. The number of fused-ring (bicyclic) bond motifs is 1. The Labute approximate surface area is 161 Å². The van der Waals surface area contributed by atoms with Gasteiger partial charge in [-0.15, -0.1) is 0 Å². The van der Waals surface area contributed by atoms with Gasteiger partial charge in [-0.3, -0.25) is 4.79 Å². The molecule has 0 saturated carbocycles. The van der Waals surface area contributed by atoms with E-state index in [0.29, 0.717) is 0 Å². The van der Waals surface area contributed by atoms with E-state index in [1.54, 1.807) is 0 Å². The fourth-order valence-corrected chi connectivity index (χ4v) is 2.14. The van der Waals surface area contributed by atoms with Gasteiger partial charge in [0.1, 0.15) is 22.5 Å². The molecule has 116 valence electrons. The maximum Gasteiger partial charge on any atom is 0.238 e. The zero-order valence-corrected chi connectivity index (χ0v) is 14.6. The molecule has 7 nitrogen and oxygen atoms in total. The van der Waals surface area contributed by atoms with Crippen molar-refractivity contribution in [1.82, 2.24) is 0 Å². The van der Waals surface area contributed by atoms with E-state index in [1.165, 1.54) is 6.07 Å². The van der Waals surface area contributed by atoms with Crippen LogP contribution >= 0.6 is 0 Å². The molecule has 0 aliphatic heterocycles. The molecule has 3 rings (SSSR count). The van der Waals surface area contributed by atoms with Gasteiger partial charge >= 0.3 is 0 Å². The third kappa shape index (κ3) is 2.93. The van der Waals surface area contributed by atoms with Crippen molar-refractivity contribution in [2.45, 2.75) is 0 Å². The fourth-order valence-electron chi connectivity index (χ4n) is 2.14. The summed E-state index contributed by atoms with van der Waals surface area (Å²) in [6.07, 6.45) is 0. The van der Waals surface area contributed by atoms with Gasteiger partial charge in [-0.2, -0.15) is 0 Å². The van der Waals surface area contributed by atoms with Crippen molar-refractivity contribution >= 4 is 11.0 Å². The molecule has 3 aromatic rings. The van der Waals surface area contributed by atoms with Crippen LogP contribution in [0.1, 0.15) is 0 Å². The minimum atomic E-state index is -0.888. The molecule has 1 heterocycles. The van der Waals surface area contributed by atoms with E-state index < -0.39 is 22.7 Å². The molecule has 0 radical (unpaired) electrons. The molecule has 0 aliphatic rings. The third-order valence-corrected chi connectivity index (χ3v) is 3.17. The summed E-state index contributed by atoms with van der Waals surface area (Å²) in [7, 11) is 0. The van der Waals surface area contributed by atoms with Gasteiger partial charge in [0.05, 0.1) is 0 Å². The largest absolute Gasteiger partial charge is 0.508 e. The molecule has 0 atom stereocenters. The third-order valence-electron chi connectivity index (χ3n) is 3.17. The SMILES string of the molecule is O=c1c(O)c(-c2ccc(O)c(O)c2)oc2cc(O)cc(O)c12.[Nd]. The minimum absolute atomic E-state index is 0. The maximum absolute atomic E-state index is 12.1. The Morgan fingerprint density at radius 1 is 0.826 bits per heavy atom. The number of benzene rings is 2. The molecule has 0 saturated heterocycles. The van der Waals surface area contributed by atoms with Crippen LogP contribution in [0.5, 0.6) is 28.7 Å². The molecule has 0 amide bonds. The normalized spacial score (nSPS) is 10.4. The smallest absolute Gasteiger partial charge is 0.238 e. The number of rotatable bonds is 1. The van der Waals surface area contributed by atoms with Gasteiger partial charge < -0.3 is 29.9 Å². The first-order chi connectivity index (χ1) is 10.4. The second-order valence-corrected chi connectivity index (χ2v) is 4.65. The molecule has 0 unspecified atom stereocenters. The van der Waals surface area contributed by atoms with Crippen molar-refractivity contribution in [2.75, 3.05) is 0 Å². The van der Waals surface area contributed by atoms with Crippen molar-refractivity contribution in [3.8, 4) is 40.1 Å². The van der Waals surface area contributed by atoms with Crippen molar-refractivity contribution in [3.63, 3.8) is 0 Å². The standard InChI is InChI=1S/C15H10O7.Nd/c16-7-4-10(19)12-11(5-7)22-15(14(21)13(12)20)6-1-2-8(17)9(18)3-6;/h1-5,16-19,21H;. The number of aromatic hydroxyl groups is 5. The average molecular weight is 446 g/mol. The Balaban J connectivity index is 0.00000192. The van der Waals surface area contributed by atoms with Crippen LogP contribution < -0.4 is 5.43 Å². The Morgan fingerprint density at radius 2 is 1.52 bits per heavy atom. The predicted molar refractivity (Wildman–Crippen MR) is 76.2 cm³/mol. The minimum Gasteiger partial charge on any atom is -0.508 e. The summed E-state index contributed by atoms with van der Waals surface area (Å²) >= 11 is 0. The molecule has 0 fully saturated rings. The van der Waals surface area contributed by atoms with Gasteiger partial charge in [0.2, 0.25) is 11.2 Å². The van der Waals surface area contributed by atoms with Crippen LogP contribution in [0.15, 0.2) is 39.5 Å². The number of hydrogen-bond acceptors (Lipinski definition) is 7. The van der Waals surface area contributed by atoms with E-state index in [1.807, 2.05) is 0 Å². The van der Waals surface area contributed by atoms with Gasteiger partial charge in [-0.25, -0.2) is 0 Å². The summed E-state index contributed by atoms with van der Waals surface area (Å²) in [4.78, 5) is 12.1. The van der Waals surface area contributed by atoms with Crippen LogP contribution in [-0.2, 0) is 0 Å². The van der Waals surface area contributed by atoms with E-state index in [-0.39, 0.29) is 74.6 Å². The van der Waals surface area contributed by atoms with E-state index in [2.05, 4.69) is 0 Å². The molecule has 23 heavy (non-hydrogen) atoms. The Kier molecular flexibility index (Phi) is 4.71. The van der Waals surface area contributed by atoms with Gasteiger partial charge in [-0.1, -0.05) is 0 Å². The first-order valence-corrected chi connectivity index (χ1v) is 6.12. The number of phenolic OH excluding ortho intramolecular Hbond substituents is 4. The quantitative estimate of drug-likeness (QED) is 0.361. The molecule has 0 bridgehead atoms. The van der Waals surface area contributed by atoms with Gasteiger partial charge in [0, 0.05) is 58.5 Å². The zero-order valence-electron chi connectivity index (χ0n) is 11.4. The van der Waals surface area contributed by atoms with Crippen molar-refractivity contribution in [2.24, 2.45) is 0 Å². The van der Waals surface area contributed by atoms with Crippen molar-refractivity contribution in [3.05, 3.63) is 40.6 Å². The summed E-state index contributed by atoms with van der Waals surface area (Å²) < 4.78 is 5.35. The Morgan fingerprint density at radius 3 is 2.17 bits per heavy atom. The average Bonchev–Trinajstić information content (AvgIpc) is 2.45. The van der Waals surface area contributed by atoms with E-state index in [9.17, 15) is 30.3 Å². The Hall–Kier alpha value is -2.00. The molecular formula is C15H10NdO7. The first kappa shape index (κ1) is 17.4. The van der Waals surface area contributed by atoms with Crippen LogP contribution in [0.4, 0.5) is 0 Å². The topological polar surface area (TPSA) is 131 Å². The van der Waals surface area contributed by atoms with Crippen LogP contribution in [0.3, 0.4) is 0 Å². The monoisotopic (exact) mass is 444 g/mol. The van der Waals surface area contributed by atoms with Gasteiger partial charge in [-0.05, 0) is 18.2 Å². The molecule has 2 aromatic carbocycles. The Bertz CT molecular complexity index is 962. The van der Waals surface area contributed by atoms with Gasteiger partial charge in [0.15, 0.2) is 17.3 Å². The molecule has 0 aliphatic carbocycles. The van der Waals surface area contributed by atoms with Crippen LogP contribution in [0, 0.1) is 40.8 Å². The summed E-state index contributed by atoms with van der Waals surface area (Å²) in [6, 6.07) is 5.64. The molecular weight excluding hydrogens is 436 g/mol.